The Hall–Kier alpha value is -2.14. The van der Waals surface area contributed by atoms with E-state index in [1.807, 2.05) is 37.0 Å². The van der Waals surface area contributed by atoms with Gasteiger partial charge in [-0.3, -0.25) is 9.78 Å². The fraction of sp³-hybridized carbons (Fsp3) is 0.412. The van der Waals surface area contributed by atoms with Crippen LogP contribution in [0.2, 0.25) is 0 Å². The Kier molecular flexibility index (Phi) is 4.24. The standard InChI is InChI=1S/C17H21N3O2/c1-19(2)10-11-22-17-6-8-18-12-15(17)20-9-7-13-14(20)4-3-5-16(13)21/h6-9,12H,3-5,10-11H2,1-2H3. The van der Waals surface area contributed by atoms with Crippen molar-refractivity contribution in [2.24, 2.45) is 0 Å². The SMILES string of the molecule is CN(C)CCOc1ccncc1-n1ccc2c1CCCC2=O. The topological polar surface area (TPSA) is 47.4 Å². The summed E-state index contributed by atoms with van der Waals surface area (Å²) in [5.41, 5.74) is 2.81. The van der Waals surface area contributed by atoms with Crippen molar-refractivity contribution in [3.63, 3.8) is 0 Å². The van der Waals surface area contributed by atoms with E-state index < -0.39 is 0 Å². The number of carbonyl (C=O) groups excluding carboxylic acids is 1. The molecule has 2 aromatic heterocycles. The molecule has 0 radical (unpaired) electrons. The van der Waals surface area contributed by atoms with Crippen LogP contribution in [-0.4, -0.2) is 47.5 Å². The first-order valence-electron chi connectivity index (χ1n) is 7.62. The lowest BCUT2D eigenvalue weighted by molar-refractivity contribution is 0.0972. The lowest BCUT2D eigenvalue weighted by atomic mass is 9.97. The molecule has 0 aliphatic heterocycles. The van der Waals surface area contributed by atoms with Crippen molar-refractivity contribution in [1.29, 1.82) is 0 Å². The van der Waals surface area contributed by atoms with Crippen LogP contribution in [0.5, 0.6) is 5.75 Å². The zero-order valence-electron chi connectivity index (χ0n) is 13.1. The van der Waals surface area contributed by atoms with Gasteiger partial charge in [-0.2, -0.15) is 0 Å². The molecular weight excluding hydrogens is 278 g/mol. The fourth-order valence-electron chi connectivity index (χ4n) is 2.77. The van der Waals surface area contributed by atoms with Gasteiger partial charge in [0.2, 0.25) is 0 Å². The van der Waals surface area contributed by atoms with Crippen molar-refractivity contribution >= 4 is 5.78 Å². The largest absolute Gasteiger partial charge is 0.490 e. The zero-order valence-corrected chi connectivity index (χ0v) is 13.1. The molecule has 0 N–H and O–H groups in total. The van der Waals surface area contributed by atoms with E-state index >= 15 is 0 Å². The first-order chi connectivity index (χ1) is 10.7. The Morgan fingerprint density at radius 2 is 2.18 bits per heavy atom. The van der Waals surface area contributed by atoms with Gasteiger partial charge in [0, 0.05) is 42.7 Å². The molecule has 5 heteroatoms. The van der Waals surface area contributed by atoms with E-state index in [4.69, 9.17) is 4.74 Å². The minimum Gasteiger partial charge on any atom is -0.490 e. The lowest BCUT2D eigenvalue weighted by Gasteiger charge is -2.18. The fourth-order valence-corrected chi connectivity index (χ4v) is 2.77. The molecule has 116 valence electrons. The molecule has 5 nitrogen and oxygen atoms in total. The number of ketones is 1. The summed E-state index contributed by atoms with van der Waals surface area (Å²) in [7, 11) is 4.04. The zero-order chi connectivity index (χ0) is 15.5. The third-order valence-corrected chi connectivity index (χ3v) is 3.93. The number of carbonyl (C=O) groups is 1. The number of hydrogen-bond acceptors (Lipinski definition) is 4. The second-order valence-corrected chi connectivity index (χ2v) is 5.82. The van der Waals surface area contributed by atoms with Gasteiger partial charge < -0.3 is 14.2 Å². The van der Waals surface area contributed by atoms with Crippen LogP contribution < -0.4 is 4.74 Å². The third kappa shape index (κ3) is 2.90. The molecule has 3 rings (SSSR count). The van der Waals surface area contributed by atoms with Gasteiger partial charge in [0.25, 0.3) is 0 Å². The molecule has 1 aliphatic carbocycles. The smallest absolute Gasteiger partial charge is 0.164 e. The molecule has 0 aromatic carbocycles. The summed E-state index contributed by atoms with van der Waals surface area (Å²) >= 11 is 0. The second-order valence-electron chi connectivity index (χ2n) is 5.82. The Labute approximate surface area is 130 Å². The van der Waals surface area contributed by atoms with Crippen LogP contribution in [0.3, 0.4) is 0 Å². The van der Waals surface area contributed by atoms with Gasteiger partial charge in [-0.15, -0.1) is 0 Å². The molecule has 0 fully saturated rings. The molecule has 1 aliphatic rings. The van der Waals surface area contributed by atoms with Crippen molar-refractivity contribution < 1.29 is 9.53 Å². The molecule has 0 bridgehead atoms. The third-order valence-electron chi connectivity index (χ3n) is 3.93. The number of fused-ring (bicyclic) bond motifs is 1. The van der Waals surface area contributed by atoms with Crippen molar-refractivity contribution in [3.8, 4) is 11.4 Å². The molecule has 0 saturated carbocycles. The van der Waals surface area contributed by atoms with Crippen LogP contribution >= 0.6 is 0 Å². The number of pyridine rings is 1. The van der Waals surface area contributed by atoms with Crippen LogP contribution in [0.4, 0.5) is 0 Å². The predicted octanol–water partition coefficient (Wildman–Crippen LogP) is 2.33. The highest BCUT2D eigenvalue weighted by molar-refractivity contribution is 5.98. The van der Waals surface area contributed by atoms with Gasteiger partial charge >= 0.3 is 0 Å². The molecule has 22 heavy (non-hydrogen) atoms. The predicted molar refractivity (Wildman–Crippen MR) is 84.9 cm³/mol. The maximum absolute atomic E-state index is 12.0. The normalized spacial score (nSPS) is 14.2. The van der Waals surface area contributed by atoms with E-state index in [0.29, 0.717) is 13.0 Å². The molecule has 0 unspecified atom stereocenters. The first kappa shape index (κ1) is 14.8. The van der Waals surface area contributed by atoms with Crippen molar-refractivity contribution in [3.05, 3.63) is 42.0 Å². The Morgan fingerprint density at radius 3 is 3.00 bits per heavy atom. The van der Waals surface area contributed by atoms with Crippen LogP contribution in [0.15, 0.2) is 30.7 Å². The Morgan fingerprint density at radius 1 is 1.32 bits per heavy atom. The average Bonchev–Trinajstić information content (AvgIpc) is 2.93. The molecule has 0 spiro atoms. The number of hydrogen-bond donors (Lipinski definition) is 0. The van der Waals surface area contributed by atoms with Crippen molar-refractivity contribution in [2.45, 2.75) is 19.3 Å². The summed E-state index contributed by atoms with van der Waals surface area (Å²) < 4.78 is 7.95. The highest BCUT2D eigenvalue weighted by Crippen LogP contribution is 2.29. The van der Waals surface area contributed by atoms with E-state index in [1.54, 1.807) is 12.4 Å². The van der Waals surface area contributed by atoms with E-state index in [-0.39, 0.29) is 5.78 Å². The average molecular weight is 299 g/mol. The number of aromatic nitrogens is 2. The number of ether oxygens (including phenoxy) is 1. The first-order valence-corrected chi connectivity index (χ1v) is 7.62. The van der Waals surface area contributed by atoms with Gasteiger partial charge in [-0.25, -0.2) is 0 Å². The lowest BCUT2D eigenvalue weighted by Crippen LogP contribution is -2.20. The van der Waals surface area contributed by atoms with Gasteiger partial charge in [-0.1, -0.05) is 0 Å². The number of nitrogens with zero attached hydrogens (tertiary/aromatic N) is 3. The molecule has 2 heterocycles. The summed E-state index contributed by atoms with van der Waals surface area (Å²) in [6, 6.07) is 3.79. The van der Waals surface area contributed by atoms with Gasteiger partial charge in [0.1, 0.15) is 18.0 Å². The van der Waals surface area contributed by atoms with E-state index in [0.717, 1.165) is 42.1 Å². The Balaban J connectivity index is 1.91. The molecule has 0 saturated heterocycles. The Bertz CT molecular complexity index is 676. The molecule has 0 amide bonds. The highest BCUT2D eigenvalue weighted by atomic mass is 16.5. The van der Waals surface area contributed by atoms with E-state index in [2.05, 4.69) is 9.88 Å². The van der Waals surface area contributed by atoms with Crippen molar-refractivity contribution in [2.75, 3.05) is 27.2 Å². The second kappa shape index (κ2) is 6.32. The highest BCUT2D eigenvalue weighted by Gasteiger charge is 2.22. The van der Waals surface area contributed by atoms with Crippen LogP contribution in [-0.2, 0) is 6.42 Å². The molecule has 2 aromatic rings. The number of Topliss-reactive ketones (excluding diaryl/α,β-unsaturated/α-hetero) is 1. The summed E-state index contributed by atoms with van der Waals surface area (Å²) in [5.74, 6) is 1.03. The summed E-state index contributed by atoms with van der Waals surface area (Å²) in [4.78, 5) is 18.3. The minimum absolute atomic E-state index is 0.235. The number of likely N-dealkylation sites (N-methyl/N-ethyl adjacent to an activating group) is 1. The van der Waals surface area contributed by atoms with Crippen molar-refractivity contribution in [1.82, 2.24) is 14.5 Å². The minimum atomic E-state index is 0.235. The van der Waals surface area contributed by atoms with Crippen LogP contribution in [0.1, 0.15) is 28.9 Å². The van der Waals surface area contributed by atoms with Gasteiger partial charge in [-0.05, 0) is 33.0 Å². The van der Waals surface area contributed by atoms with Crippen LogP contribution in [0, 0.1) is 0 Å². The molecule has 0 atom stereocenters. The van der Waals surface area contributed by atoms with E-state index in [9.17, 15) is 4.79 Å². The monoisotopic (exact) mass is 299 g/mol. The maximum atomic E-state index is 12.0. The molecular formula is C17H21N3O2. The van der Waals surface area contributed by atoms with E-state index in [1.165, 1.54) is 0 Å². The van der Waals surface area contributed by atoms with Gasteiger partial charge in [0.05, 0.1) is 6.20 Å². The number of rotatable bonds is 5. The van der Waals surface area contributed by atoms with Gasteiger partial charge in [0.15, 0.2) is 5.78 Å². The summed E-state index contributed by atoms with van der Waals surface area (Å²) in [6.45, 7) is 1.47. The summed E-state index contributed by atoms with van der Waals surface area (Å²) in [6.07, 6.45) is 7.95. The van der Waals surface area contributed by atoms with Crippen LogP contribution in [0.25, 0.3) is 5.69 Å². The maximum Gasteiger partial charge on any atom is 0.164 e. The summed E-state index contributed by atoms with van der Waals surface area (Å²) in [5, 5.41) is 0. The quantitative estimate of drug-likeness (QED) is 0.850.